The molecule has 28 heavy (non-hydrogen) atoms. The summed E-state index contributed by atoms with van der Waals surface area (Å²) in [5.41, 5.74) is 4.12. The lowest BCUT2D eigenvalue weighted by molar-refractivity contribution is -0.159. The molecule has 1 spiro atoms. The van der Waals surface area contributed by atoms with Crippen molar-refractivity contribution in [3.05, 3.63) is 59.7 Å². The Morgan fingerprint density at radius 1 is 1.00 bits per heavy atom. The minimum atomic E-state index is -0.817. The molecule has 0 aliphatic heterocycles. The number of benzene rings is 2. The SMILES string of the molecule is O=C(NCC1(C(=O)O)CC2(CC2)C1)OCC1c2ccccc2-c2ccccc21. The number of amides is 1. The van der Waals surface area contributed by atoms with Crippen LogP contribution in [0, 0.1) is 10.8 Å². The number of alkyl carbamates (subject to hydrolysis) is 1. The van der Waals surface area contributed by atoms with E-state index < -0.39 is 17.5 Å². The zero-order valence-electron chi connectivity index (χ0n) is 15.6. The summed E-state index contributed by atoms with van der Waals surface area (Å²) in [7, 11) is 0. The lowest BCUT2D eigenvalue weighted by Gasteiger charge is -2.45. The lowest BCUT2D eigenvalue weighted by Crippen LogP contribution is -2.52. The molecule has 0 bridgehead atoms. The maximum Gasteiger partial charge on any atom is 0.407 e. The molecular formula is C23H23NO4. The zero-order chi connectivity index (χ0) is 19.4. The molecule has 5 heteroatoms. The van der Waals surface area contributed by atoms with E-state index in [0.29, 0.717) is 12.8 Å². The average Bonchev–Trinajstić information content (AvgIpc) is 3.40. The zero-order valence-corrected chi connectivity index (χ0v) is 15.6. The van der Waals surface area contributed by atoms with Gasteiger partial charge in [0.1, 0.15) is 6.61 Å². The minimum Gasteiger partial charge on any atom is -0.481 e. The Labute approximate surface area is 163 Å². The smallest absolute Gasteiger partial charge is 0.407 e. The predicted octanol–water partition coefficient (Wildman–Crippen LogP) is 4.17. The van der Waals surface area contributed by atoms with Gasteiger partial charge in [-0.05, 0) is 53.4 Å². The van der Waals surface area contributed by atoms with Crippen molar-refractivity contribution in [2.24, 2.45) is 10.8 Å². The van der Waals surface area contributed by atoms with Gasteiger partial charge in [-0.1, -0.05) is 48.5 Å². The standard InChI is InChI=1S/C23H23NO4/c25-20(26)23(12-22(13-23)9-10-22)14-24-21(27)28-11-19-17-7-3-1-5-15(17)16-6-2-4-8-18(16)19/h1-8,19H,9-14H2,(H,24,27)(H,25,26). The highest BCUT2D eigenvalue weighted by molar-refractivity contribution is 5.80. The fourth-order valence-electron chi connectivity index (χ4n) is 5.16. The Balaban J connectivity index is 1.23. The lowest BCUT2D eigenvalue weighted by atomic mass is 9.59. The Morgan fingerprint density at radius 2 is 1.57 bits per heavy atom. The molecule has 1 amide bonds. The molecular weight excluding hydrogens is 354 g/mol. The van der Waals surface area contributed by atoms with Gasteiger partial charge in [0, 0.05) is 12.5 Å². The van der Waals surface area contributed by atoms with E-state index >= 15 is 0 Å². The highest BCUT2D eigenvalue weighted by Crippen LogP contribution is 2.68. The van der Waals surface area contributed by atoms with Crippen LogP contribution >= 0.6 is 0 Å². The van der Waals surface area contributed by atoms with Crippen LogP contribution in [0.1, 0.15) is 42.7 Å². The Bertz CT molecular complexity index is 909. The first-order chi connectivity index (χ1) is 13.5. The van der Waals surface area contributed by atoms with Crippen molar-refractivity contribution in [1.29, 1.82) is 0 Å². The second kappa shape index (κ2) is 6.09. The number of carboxylic acids is 1. The third kappa shape index (κ3) is 2.68. The molecule has 2 N–H and O–H groups in total. The molecule has 5 rings (SSSR count). The largest absolute Gasteiger partial charge is 0.481 e. The first-order valence-electron chi connectivity index (χ1n) is 9.84. The summed E-state index contributed by atoms with van der Waals surface area (Å²) in [6.45, 7) is 0.380. The third-order valence-electron chi connectivity index (χ3n) is 6.75. The fourth-order valence-corrected chi connectivity index (χ4v) is 5.16. The number of carboxylic acid groups (broad SMARTS) is 1. The quantitative estimate of drug-likeness (QED) is 0.820. The molecule has 3 aliphatic carbocycles. The van der Waals surface area contributed by atoms with Gasteiger partial charge < -0.3 is 15.2 Å². The number of carbonyl (C=O) groups is 2. The van der Waals surface area contributed by atoms with Gasteiger partial charge in [-0.2, -0.15) is 0 Å². The maximum absolute atomic E-state index is 12.3. The van der Waals surface area contributed by atoms with Gasteiger partial charge in [0.25, 0.3) is 0 Å². The van der Waals surface area contributed by atoms with E-state index in [0.717, 1.165) is 24.0 Å². The predicted molar refractivity (Wildman–Crippen MR) is 104 cm³/mol. The summed E-state index contributed by atoms with van der Waals surface area (Å²) in [5.74, 6) is -0.811. The van der Waals surface area contributed by atoms with Gasteiger partial charge in [0.05, 0.1) is 5.41 Å². The summed E-state index contributed by atoms with van der Waals surface area (Å²) in [6, 6.07) is 16.4. The summed E-state index contributed by atoms with van der Waals surface area (Å²) in [4.78, 5) is 24.0. The van der Waals surface area contributed by atoms with Crippen LogP contribution in [-0.4, -0.2) is 30.3 Å². The molecule has 2 aromatic carbocycles. The van der Waals surface area contributed by atoms with Crippen molar-refractivity contribution >= 4 is 12.1 Å². The number of hydrogen-bond acceptors (Lipinski definition) is 3. The average molecular weight is 377 g/mol. The van der Waals surface area contributed by atoms with Crippen molar-refractivity contribution in [1.82, 2.24) is 5.32 Å². The first kappa shape index (κ1) is 17.3. The van der Waals surface area contributed by atoms with Crippen LogP contribution in [0.3, 0.4) is 0 Å². The molecule has 0 atom stereocenters. The van der Waals surface area contributed by atoms with Crippen LogP contribution in [0.5, 0.6) is 0 Å². The number of nitrogens with one attached hydrogen (secondary N) is 1. The summed E-state index contributed by atoms with van der Waals surface area (Å²) in [6.07, 6.45) is 3.03. The highest BCUT2D eigenvalue weighted by Gasteiger charge is 2.64. The van der Waals surface area contributed by atoms with E-state index in [1.54, 1.807) is 0 Å². The number of carbonyl (C=O) groups excluding carboxylic acids is 1. The Kier molecular flexibility index (Phi) is 3.76. The van der Waals surface area contributed by atoms with E-state index in [1.165, 1.54) is 11.1 Å². The molecule has 0 heterocycles. The molecule has 5 nitrogen and oxygen atoms in total. The number of fused-ring (bicyclic) bond motifs is 3. The van der Waals surface area contributed by atoms with Gasteiger partial charge in [-0.25, -0.2) is 4.79 Å². The second-order valence-corrected chi connectivity index (χ2v) is 8.62. The summed E-state index contributed by atoms with van der Waals surface area (Å²) < 4.78 is 5.51. The van der Waals surface area contributed by atoms with Crippen molar-refractivity contribution in [3.8, 4) is 11.1 Å². The van der Waals surface area contributed by atoms with Crippen LogP contribution in [-0.2, 0) is 9.53 Å². The summed E-state index contributed by atoms with van der Waals surface area (Å²) >= 11 is 0. The second-order valence-electron chi connectivity index (χ2n) is 8.62. The Morgan fingerprint density at radius 3 is 2.11 bits per heavy atom. The molecule has 0 radical (unpaired) electrons. The van der Waals surface area contributed by atoms with Crippen LogP contribution in [0.15, 0.2) is 48.5 Å². The third-order valence-corrected chi connectivity index (χ3v) is 6.75. The van der Waals surface area contributed by atoms with E-state index in [4.69, 9.17) is 4.74 Å². The first-order valence-corrected chi connectivity index (χ1v) is 9.84. The van der Waals surface area contributed by atoms with Crippen LogP contribution in [0.2, 0.25) is 0 Å². The van der Waals surface area contributed by atoms with Gasteiger partial charge >= 0.3 is 12.1 Å². The molecule has 0 aromatic heterocycles. The van der Waals surface area contributed by atoms with Crippen LogP contribution < -0.4 is 5.32 Å². The number of hydrogen-bond donors (Lipinski definition) is 2. The van der Waals surface area contributed by atoms with Crippen LogP contribution in [0.25, 0.3) is 11.1 Å². The molecule has 0 unspecified atom stereocenters. The Hall–Kier alpha value is -2.82. The number of ether oxygens (including phenoxy) is 1. The molecule has 2 fully saturated rings. The maximum atomic E-state index is 12.3. The van der Waals surface area contributed by atoms with E-state index in [1.807, 2.05) is 24.3 Å². The van der Waals surface area contributed by atoms with Gasteiger partial charge in [-0.3, -0.25) is 4.79 Å². The monoisotopic (exact) mass is 377 g/mol. The molecule has 2 saturated carbocycles. The minimum absolute atomic E-state index is 0.00465. The van der Waals surface area contributed by atoms with Gasteiger partial charge in [0.15, 0.2) is 0 Å². The van der Waals surface area contributed by atoms with E-state index in [2.05, 4.69) is 29.6 Å². The summed E-state index contributed by atoms with van der Waals surface area (Å²) in [5, 5.41) is 12.3. The normalized spacial score (nSPS) is 20.0. The number of aliphatic carboxylic acids is 1. The molecule has 2 aromatic rings. The highest BCUT2D eigenvalue weighted by atomic mass is 16.5. The topological polar surface area (TPSA) is 75.6 Å². The van der Waals surface area contributed by atoms with E-state index in [9.17, 15) is 14.7 Å². The van der Waals surface area contributed by atoms with Crippen molar-refractivity contribution in [2.75, 3.05) is 13.2 Å². The van der Waals surface area contributed by atoms with Gasteiger partial charge in [0.2, 0.25) is 0 Å². The molecule has 144 valence electrons. The molecule has 0 saturated heterocycles. The fraction of sp³-hybridized carbons (Fsp3) is 0.391. The van der Waals surface area contributed by atoms with Crippen molar-refractivity contribution < 1.29 is 19.4 Å². The van der Waals surface area contributed by atoms with Crippen LogP contribution in [0.4, 0.5) is 4.79 Å². The van der Waals surface area contributed by atoms with E-state index in [-0.39, 0.29) is 24.5 Å². The van der Waals surface area contributed by atoms with Crippen molar-refractivity contribution in [3.63, 3.8) is 0 Å². The van der Waals surface area contributed by atoms with Gasteiger partial charge in [-0.15, -0.1) is 0 Å². The molecule has 3 aliphatic rings. The number of rotatable bonds is 5. The van der Waals surface area contributed by atoms with Crippen molar-refractivity contribution in [2.45, 2.75) is 31.6 Å².